The molecule has 164 valence electrons. The first-order chi connectivity index (χ1) is 13.6. The third-order valence-corrected chi connectivity index (χ3v) is 6.86. The molecule has 0 aliphatic carbocycles. The van der Waals surface area contributed by atoms with Crippen LogP contribution in [0.25, 0.3) is 0 Å². The topological polar surface area (TPSA) is 52.5 Å². The van der Waals surface area contributed by atoms with Crippen molar-refractivity contribution in [1.82, 2.24) is 5.01 Å². The predicted molar refractivity (Wildman–Crippen MR) is 124 cm³/mol. The number of hydrazone groups is 1. The van der Waals surface area contributed by atoms with Gasteiger partial charge in [0, 0.05) is 19.1 Å². The van der Waals surface area contributed by atoms with E-state index in [2.05, 4.69) is 5.10 Å². The molecule has 0 bridgehead atoms. The highest BCUT2D eigenvalue weighted by molar-refractivity contribution is 6.69. The third kappa shape index (κ3) is 4.17. The molecule has 0 radical (unpaired) electrons. The molecule has 0 aromatic heterocycles. The molecule has 30 heavy (non-hydrogen) atoms. The number of rotatable bonds is 4. The fourth-order valence-corrected chi connectivity index (χ4v) is 3.55. The van der Waals surface area contributed by atoms with Crippen LogP contribution in [0.4, 0.5) is 0 Å². The largest absolute Gasteiger partial charge is 0.495 e. The van der Waals surface area contributed by atoms with Crippen molar-refractivity contribution in [2.45, 2.75) is 77.8 Å². The molecule has 0 saturated carbocycles. The summed E-state index contributed by atoms with van der Waals surface area (Å²) in [7, 11) is 2.57. The average molecular weight is 435 g/mol. The first-order valence-corrected chi connectivity index (χ1v) is 10.7. The first-order valence-electron chi connectivity index (χ1n) is 10.3. The van der Waals surface area contributed by atoms with Gasteiger partial charge >= 0.3 is 14.2 Å². The van der Waals surface area contributed by atoms with Crippen molar-refractivity contribution >= 4 is 43.0 Å². The van der Waals surface area contributed by atoms with Crippen molar-refractivity contribution in [3.05, 3.63) is 22.7 Å². The third-order valence-electron chi connectivity index (χ3n) is 6.64. The van der Waals surface area contributed by atoms with Crippen LogP contribution in [0.2, 0.25) is 5.02 Å². The van der Waals surface area contributed by atoms with Gasteiger partial charge in [0.1, 0.15) is 0 Å². The van der Waals surface area contributed by atoms with Crippen LogP contribution < -0.4 is 10.9 Å². The monoisotopic (exact) mass is 434 g/mol. The summed E-state index contributed by atoms with van der Waals surface area (Å²) in [6, 6.07) is 3.74. The van der Waals surface area contributed by atoms with Crippen LogP contribution in [-0.2, 0) is 18.6 Å². The molecule has 0 N–H and O–H groups in total. The van der Waals surface area contributed by atoms with Gasteiger partial charge in [-0.25, -0.2) is 0 Å². The van der Waals surface area contributed by atoms with Gasteiger partial charge in [-0.2, -0.15) is 5.10 Å². The van der Waals surface area contributed by atoms with Crippen molar-refractivity contribution < 1.29 is 18.6 Å². The molecule has 2 aliphatic heterocycles. The molecule has 2 heterocycles. The minimum Gasteiger partial charge on any atom is -0.399 e. The normalized spacial score (nSPS) is 24.1. The number of nitrogens with zero attached hydrogens (tertiary/aromatic N) is 2. The van der Waals surface area contributed by atoms with E-state index in [9.17, 15) is 0 Å². The zero-order chi connectivity index (χ0) is 22.7. The molecular formula is C21H33B2ClN2O4. The summed E-state index contributed by atoms with van der Waals surface area (Å²) in [4.78, 5) is 0. The van der Waals surface area contributed by atoms with E-state index in [1.54, 1.807) is 11.2 Å². The van der Waals surface area contributed by atoms with Gasteiger partial charge in [-0.05, 0) is 84.0 Å². The molecule has 9 heteroatoms. The maximum Gasteiger partial charge on any atom is 0.495 e. The van der Waals surface area contributed by atoms with E-state index in [0.717, 1.165) is 16.5 Å². The summed E-state index contributed by atoms with van der Waals surface area (Å²) in [6.07, 6.45) is 1.79. The second kappa shape index (κ2) is 7.52. The van der Waals surface area contributed by atoms with Gasteiger partial charge in [0.25, 0.3) is 0 Å². The molecule has 0 atom stereocenters. The van der Waals surface area contributed by atoms with E-state index in [4.69, 9.17) is 30.2 Å². The molecule has 2 fully saturated rings. The fraction of sp³-hybridized carbons (Fsp3) is 0.667. The summed E-state index contributed by atoms with van der Waals surface area (Å²) in [5.41, 5.74) is 0.542. The highest BCUT2D eigenvalue weighted by Gasteiger charge is 2.55. The fourth-order valence-electron chi connectivity index (χ4n) is 3.31. The molecule has 0 spiro atoms. The average Bonchev–Trinajstić information content (AvgIpc) is 2.92. The van der Waals surface area contributed by atoms with Crippen molar-refractivity contribution in [1.29, 1.82) is 0 Å². The Balaban J connectivity index is 2.13. The molecule has 0 unspecified atom stereocenters. The summed E-state index contributed by atoms with van der Waals surface area (Å²) >= 11 is 6.55. The minimum atomic E-state index is -0.585. The molecule has 0 amide bonds. The quantitative estimate of drug-likeness (QED) is 0.414. The smallest absolute Gasteiger partial charge is 0.399 e. The van der Waals surface area contributed by atoms with Crippen molar-refractivity contribution in [2.24, 2.45) is 5.10 Å². The number of benzene rings is 1. The summed E-state index contributed by atoms with van der Waals surface area (Å²) in [5, 5.41) is 6.77. The van der Waals surface area contributed by atoms with Gasteiger partial charge in [-0.1, -0.05) is 11.6 Å². The van der Waals surface area contributed by atoms with E-state index in [-0.39, 0.29) is 0 Å². The zero-order valence-corrected chi connectivity index (χ0v) is 20.5. The molecule has 3 rings (SSSR count). The second-order valence-corrected chi connectivity index (χ2v) is 10.7. The lowest BCUT2D eigenvalue weighted by Gasteiger charge is -2.32. The summed E-state index contributed by atoms with van der Waals surface area (Å²) in [6.45, 7) is 16.2. The molecule has 2 saturated heterocycles. The lowest BCUT2D eigenvalue weighted by atomic mass is 9.68. The van der Waals surface area contributed by atoms with E-state index in [0.29, 0.717) is 5.02 Å². The lowest BCUT2D eigenvalue weighted by Crippen LogP contribution is -2.45. The molecular weight excluding hydrogens is 401 g/mol. The van der Waals surface area contributed by atoms with Crippen LogP contribution in [0, 0.1) is 0 Å². The van der Waals surface area contributed by atoms with Gasteiger partial charge in [-0.3, -0.25) is 0 Å². The Labute approximate surface area is 186 Å². The number of hydrogen-bond donors (Lipinski definition) is 0. The van der Waals surface area contributed by atoms with Crippen molar-refractivity contribution in [3.8, 4) is 0 Å². The molecule has 2 aliphatic rings. The first kappa shape index (κ1) is 23.6. The van der Waals surface area contributed by atoms with Crippen LogP contribution >= 0.6 is 11.6 Å². The van der Waals surface area contributed by atoms with Crippen LogP contribution in [0.5, 0.6) is 0 Å². The van der Waals surface area contributed by atoms with Crippen molar-refractivity contribution in [3.63, 3.8) is 0 Å². The number of halogens is 1. The summed E-state index contributed by atoms with van der Waals surface area (Å²) < 4.78 is 25.3. The van der Waals surface area contributed by atoms with Crippen LogP contribution in [0.3, 0.4) is 0 Å². The van der Waals surface area contributed by atoms with Gasteiger partial charge in [0.05, 0.1) is 28.6 Å². The Hall–Kier alpha value is -1.05. The SMILES string of the molecule is CN(C)/N=C/c1c(B2OC(C)(C)C(C)(C)O2)cc(Cl)cc1B1OC(C)(C)C(C)(C)O1. The standard InChI is InChI=1S/C21H33B2ClN2O4/c1-18(2)19(3,4)28-22(27-18)16-11-14(24)12-17(15(16)13-25-26(9)10)23-29-20(5,6)21(7,8)30-23/h11-13H,1-10H3/b25-13+. The maximum absolute atomic E-state index is 6.55. The molecule has 1 aromatic carbocycles. The Morgan fingerprint density at radius 1 is 0.767 bits per heavy atom. The molecule has 6 nitrogen and oxygen atoms in total. The lowest BCUT2D eigenvalue weighted by molar-refractivity contribution is 0.00578. The van der Waals surface area contributed by atoms with Gasteiger partial charge in [0.2, 0.25) is 0 Å². The number of hydrogen-bond acceptors (Lipinski definition) is 6. The van der Waals surface area contributed by atoms with E-state index in [1.807, 2.05) is 81.6 Å². The van der Waals surface area contributed by atoms with Crippen LogP contribution in [0.1, 0.15) is 61.0 Å². The zero-order valence-electron chi connectivity index (χ0n) is 19.8. The molecule has 1 aromatic rings. The Morgan fingerprint density at radius 2 is 1.10 bits per heavy atom. The predicted octanol–water partition coefficient (Wildman–Crippen LogP) is 2.83. The van der Waals surface area contributed by atoms with Crippen LogP contribution in [0.15, 0.2) is 17.2 Å². The Kier molecular flexibility index (Phi) is 5.92. The highest BCUT2D eigenvalue weighted by atomic mass is 35.5. The Morgan fingerprint density at radius 3 is 1.40 bits per heavy atom. The van der Waals surface area contributed by atoms with Gasteiger partial charge in [-0.15, -0.1) is 0 Å². The van der Waals surface area contributed by atoms with Crippen LogP contribution in [-0.4, -0.2) is 62.0 Å². The maximum atomic E-state index is 6.55. The van der Waals surface area contributed by atoms with Gasteiger partial charge in [0.15, 0.2) is 0 Å². The van der Waals surface area contributed by atoms with Crippen molar-refractivity contribution in [2.75, 3.05) is 14.1 Å². The minimum absolute atomic E-state index is 0.472. The van der Waals surface area contributed by atoms with E-state index < -0.39 is 36.6 Å². The Bertz CT molecular complexity index is 766. The second-order valence-electron chi connectivity index (χ2n) is 10.3. The summed E-state index contributed by atoms with van der Waals surface area (Å²) in [5.74, 6) is 0. The van der Waals surface area contributed by atoms with E-state index >= 15 is 0 Å². The highest BCUT2D eigenvalue weighted by Crippen LogP contribution is 2.38. The van der Waals surface area contributed by atoms with E-state index in [1.165, 1.54) is 0 Å². The van der Waals surface area contributed by atoms with Gasteiger partial charge < -0.3 is 23.6 Å².